The van der Waals surface area contributed by atoms with Crippen LogP contribution in [0.1, 0.15) is 154 Å². The van der Waals surface area contributed by atoms with Crippen LogP contribution in [0.15, 0.2) is 0 Å². The maximum atomic E-state index is 13.4. The lowest BCUT2D eigenvalue weighted by molar-refractivity contribution is -0.160. The number of carbonyl (C=O) groups is 7. The minimum Gasteiger partial charge on any atom is -0.481 e. The highest BCUT2D eigenvalue weighted by Crippen LogP contribution is 2.15. The van der Waals surface area contributed by atoms with Gasteiger partial charge in [-0.1, -0.05) is 89.9 Å². The Morgan fingerprint density at radius 2 is 1.02 bits per heavy atom. The quantitative estimate of drug-likeness (QED) is 0.0183. The topological polar surface area (TPSA) is 317 Å². The molecule has 19 nitrogen and oxygen atoms in total. The zero-order chi connectivity index (χ0) is 44.1. The van der Waals surface area contributed by atoms with Crippen LogP contribution in [0.4, 0.5) is 0 Å². The summed E-state index contributed by atoms with van der Waals surface area (Å²) in [4.78, 5) is 85.8. The number of esters is 1. The van der Waals surface area contributed by atoms with E-state index in [4.69, 9.17) is 30.8 Å². The summed E-state index contributed by atoms with van der Waals surface area (Å²) in [6.07, 6.45) is 13.9. The summed E-state index contributed by atoms with van der Waals surface area (Å²) in [5.74, 6) is -6.76. The number of carbonyl (C=O) groups excluding carboxylic acids is 4. The third kappa shape index (κ3) is 34.1. The molecule has 0 heterocycles. The number of nitrogens with one attached hydrogen (secondary N) is 5. The van der Waals surface area contributed by atoms with Crippen molar-refractivity contribution in [2.45, 2.75) is 172 Å². The van der Waals surface area contributed by atoms with Crippen molar-refractivity contribution < 1.29 is 63.5 Å². The number of aliphatic carboxylic acids is 3. The first-order valence-corrected chi connectivity index (χ1v) is 21.3. The van der Waals surface area contributed by atoms with E-state index in [0.29, 0.717) is 6.42 Å². The van der Waals surface area contributed by atoms with E-state index in [1.54, 1.807) is 0 Å². The highest BCUT2D eigenvalue weighted by Gasteiger charge is 2.32. The minimum absolute atomic E-state index is 0.0449. The average Bonchev–Trinajstić information content (AvgIpc) is 3.17. The fraction of sp³-hybridized carbons (Fsp3) is 0.800. The molecule has 0 rings (SSSR count). The van der Waals surface area contributed by atoms with Crippen molar-refractivity contribution >= 4 is 47.6 Å². The van der Waals surface area contributed by atoms with Gasteiger partial charge in [-0.3, -0.25) is 34.2 Å². The lowest BCUT2D eigenvalue weighted by Gasteiger charge is -2.24. The number of nitrogens with two attached hydrogens (primary N) is 1. The normalized spacial score (nSPS) is 12.4. The molecule has 0 aromatic rings. The first-order chi connectivity index (χ1) is 28.3. The van der Waals surface area contributed by atoms with Gasteiger partial charge in [-0.15, -0.1) is 0 Å². The third-order valence-corrected chi connectivity index (χ3v) is 9.38. The van der Waals surface area contributed by atoms with E-state index in [9.17, 15) is 43.8 Å². The van der Waals surface area contributed by atoms with Gasteiger partial charge in [0, 0.05) is 45.2 Å². The second-order valence-electron chi connectivity index (χ2n) is 14.6. The first-order valence-electron chi connectivity index (χ1n) is 21.3. The van der Waals surface area contributed by atoms with E-state index in [1.807, 2.05) is 0 Å². The van der Waals surface area contributed by atoms with Gasteiger partial charge in [0.05, 0.1) is 19.8 Å². The summed E-state index contributed by atoms with van der Waals surface area (Å²) in [6, 6.07) is -2.60. The number of unbranched alkanes of at least 4 members (excludes halogenated alkanes) is 15. The Balaban J connectivity index is 4.94. The Morgan fingerprint density at radius 1 is 0.525 bits per heavy atom. The SMILES string of the molecule is N=C(N)NCCC[C@H](NC(=O)[C@H](CCC(=O)O)OC(=O)[C@H](CCC(=O)O)NC(=O)CCCCCCCCCCCCCCCCCCC(=O)O)C(=O)NCCOCCO. The predicted molar refractivity (Wildman–Crippen MR) is 218 cm³/mol. The smallest absolute Gasteiger partial charge is 0.329 e. The highest BCUT2D eigenvalue weighted by atomic mass is 16.5. The van der Waals surface area contributed by atoms with Gasteiger partial charge in [0.1, 0.15) is 12.1 Å². The maximum absolute atomic E-state index is 13.4. The largest absolute Gasteiger partial charge is 0.481 e. The molecule has 3 atom stereocenters. The fourth-order valence-corrected chi connectivity index (χ4v) is 6.14. The molecule has 11 N–H and O–H groups in total. The molecule has 0 saturated heterocycles. The summed E-state index contributed by atoms with van der Waals surface area (Å²) < 4.78 is 10.5. The van der Waals surface area contributed by atoms with Crippen LogP contribution >= 0.6 is 0 Å². The number of aliphatic hydroxyl groups excluding tert-OH is 1. The van der Waals surface area contributed by atoms with E-state index in [1.165, 1.54) is 38.5 Å². The second kappa shape index (κ2) is 36.6. The summed E-state index contributed by atoms with van der Waals surface area (Å²) in [5.41, 5.74) is 5.30. The highest BCUT2D eigenvalue weighted by molar-refractivity contribution is 5.91. The number of carboxylic acids is 3. The Bertz CT molecular complexity index is 1240. The van der Waals surface area contributed by atoms with Gasteiger partial charge in [0.2, 0.25) is 11.8 Å². The van der Waals surface area contributed by atoms with E-state index < -0.39 is 79.0 Å². The van der Waals surface area contributed by atoms with Crippen LogP contribution in [0, 0.1) is 5.41 Å². The molecule has 0 unspecified atom stereocenters. The van der Waals surface area contributed by atoms with E-state index in [-0.39, 0.29) is 71.0 Å². The molecule has 0 bridgehead atoms. The molecule has 340 valence electrons. The Labute approximate surface area is 348 Å². The van der Waals surface area contributed by atoms with Gasteiger partial charge >= 0.3 is 23.9 Å². The Hall–Kier alpha value is -4.52. The minimum atomic E-state index is -1.69. The van der Waals surface area contributed by atoms with Crippen LogP contribution in [0.25, 0.3) is 0 Å². The predicted octanol–water partition coefficient (Wildman–Crippen LogP) is 3.09. The van der Waals surface area contributed by atoms with Crippen LogP contribution < -0.4 is 27.0 Å². The molecular formula is C40H72N6O13. The van der Waals surface area contributed by atoms with Crippen molar-refractivity contribution in [3.8, 4) is 0 Å². The molecule has 59 heavy (non-hydrogen) atoms. The van der Waals surface area contributed by atoms with Crippen LogP contribution in [-0.4, -0.2) is 119 Å². The van der Waals surface area contributed by atoms with Gasteiger partial charge in [-0.25, -0.2) is 4.79 Å². The van der Waals surface area contributed by atoms with Crippen LogP contribution in [0.3, 0.4) is 0 Å². The number of amides is 3. The van der Waals surface area contributed by atoms with Crippen molar-refractivity contribution in [2.75, 3.05) is 32.9 Å². The van der Waals surface area contributed by atoms with Gasteiger partial charge in [-0.2, -0.15) is 0 Å². The summed E-state index contributed by atoms with van der Waals surface area (Å²) in [6.45, 7) is 0.165. The maximum Gasteiger partial charge on any atom is 0.329 e. The van der Waals surface area contributed by atoms with E-state index in [0.717, 1.165) is 57.8 Å². The van der Waals surface area contributed by atoms with Gasteiger partial charge < -0.3 is 56.9 Å². The zero-order valence-corrected chi connectivity index (χ0v) is 34.8. The Kier molecular flexibility index (Phi) is 33.8. The third-order valence-electron chi connectivity index (χ3n) is 9.38. The molecular weight excluding hydrogens is 772 g/mol. The van der Waals surface area contributed by atoms with Gasteiger partial charge in [0.25, 0.3) is 5.91 Å². The number of guanidine groups is 1. The number of aliphatic hydroxyl groups is 1. The van der Waals surface area contributed by atoms with Crippen molar-refractivity contribution in [3.05, 3.63) is 0 Å². The number of rotatable bonds is 40. The van der Waals surface area contributed by atoms with Crippen molar-refractivity contribution in [2.24, 2.45) is 5.73 Å². The molecule has 0 radical (unpaired) electrons. The molecule has 3 amide bonds. The number of ether oxygens (including phenoxy) is 2. The molecule has 0 aromatic heterocycles. The lowest BCUT2D eigenvalue weighted by atomic mass is 10.0. The van der Waals surface area contributed by atoms with Crippen molar-refractivity contribution in [3.63, 3.8) is 0 Å². The average molecular weight is 845 g/mol. The van der Waals surface area contributed by atoms with Crippen LogP contribution in [-0.2, 0) is 43.0 Å². The van der Waals surface area contributed by atoms with Crippen LogP contribution in [0.2, 0.25) is 0 Å². The molecule has 0 aliphatic rings. The monoisotopic (exact) mass is 845 g/mol. The lowest BCUT2D eigenvalue weighted by Crippen LogP contribution is -2.52. The standard InChI is InChI=1S/C40H72N6O13/c41-40(42)44-25-17-18-30(37(55)43-26-28-58-29-27-47)46-38(56)32(22-24-36(53)54)59-39(57)31(21-23-35(51)52)45-33(48)19-15-13-11-9-7-5-3-1-2-4-6-8-10-12-14-16-20-34(49)50/h30-32,47H,1-29H2,(H,43,55)(H,45,48)(H,46,56)(H,49,50)(H,51,52)(H,53,54)(H4,41,42,44)/t30-,31-,32-/m0/s1. The molecule has 0 aromatic carbocycles. The molecule has 0 aliphatic carbocycles. The van der Waals surface area contributed by atoms with E-state index in [2.05, 4.69) is 21.3 Å². The molecule has 0 fully saturated rings. The zero-order valence-electron chi connectivity index (χ0n) is 34.8. The first kappa shape index (κ1) is 54.5. The van der Waals surface area contributed by atoms with Gasteiger partial charge in [-0.05, 0) is 32.1 Å². The molecule has 0 spiro atoms. The fourth-order valence-electron chi connectivity index (χ4n) is 6.14. The molecule has 0 saturated carbocycles. The van der Waals surface area contributed by atoms with Crippen LogP contribution in [0.5, 0.6) is 0 Å². The second-order valence-corrected chi connectivity index (χ2v) is 14.6. The van der Waals surface area contributed by atoms with Crippen molar-refractivity contribution in [1.82, 2.24) is 21.3 Å². The Morgan fingerprint density at radius 3 is 1.51 bits per heavy atom. The summed E-state index contributed by atoms with van der Waals surface area (Å²) in [5, 5.41) is 53.5. The van der Waals surface area contributed by atoms with E-state index >= 15 is 0 Å². The number of hydrogen-bond acceptors (Lipinski definition) is 11. The van der Waals surface area contributed by atoms with Crippen molar-refractivity contribution in [1.29, 1.82) is 5.41 Å². The summed E-state index contributed by atoms with van der Waals surface area (Å²) >= 11 is 0. The number of carboxylic acid groups (broad SMARTS) is 3. The molecule has 0 aliphatic heterocycles. The van der Waals surface area contributed by atoms with Gasteiger partial charge in [0.15, 0.2) is 12.1 Å². The summed E-state index contributed by atoms with van der Waals surface area (Å²) in [7, 11) is 0. The number of hydrogen-bond donors (Lipinski definition) is 10. The molecule has 19 heteroatoms.